The topological polar surface area (TPSA) is 72.8 Å². The molecular formula is C26H23F9NO5+. The van der Waals surface area contributed by atoms with Gasteiger partial charge in [-0.1, -0.05) is 23.5 Å². The van der Waals surface area contributed by atoms with Crippen LogP contribution in [0, 0.1) is 0 Å². The molecule has 3 atom stereocenters. The van der Waals surface area contributed by atoms with E-state index in [2.05, 4.69) is 4.74 Å². The summed E-state index contributed by atoms with van der Waals surface area (Å²) in [6, 6.07) is 1.91. The molecule has 0 aliphatic carbocycles. The number of para-hydroxylation sites is 1. The van der Waals surface area contributed by atoms with Crippen molar-refractivity contribution in [2.75, 3.05) is 13.7 Å². The zero-order valence-electron chi connectivity index (χ0n) is 21.5. The third-order valence-corrected chi connectivity index (χ3v) is 6.68. The third kappa shape index (κ3) is 5.16. The second-order valence-corrected chi connectivity index (χ2v) is 8.96. The standard InChI is InChI=1S/C26H23F9NO5/c1-4-17-13-19(18-8-6-7-9-20(18)36(17,26(33,34)35)22(38)41-5-2)23(39,21(37)40-3)14-10-15(24(27,28)29)12-16(11-14)25(30,31)32/h6-13,17,39H,4-5H2,1-3H3/q+1/t17?,23-,36-/m0/s1. The fraction of sp³-hybridized carbons (Fsp3) is 0.385. The Morgan fingerprint density at radius 3 is 1.83 bits per heavy atom. The zero-order chi connectivity index (χ0) is 31.2. The number of amides is 1. The van der Waals surface area contributed by atoms with Crippen LogP contribution in [0.5, 0.6) is 0 Å². The Kier molecular flexibility index (Phi) is 8.31. The van der Waals surface area contributed by atoms with E-state index < -0.39 is 93.4 Å². The monoisotopic (exact) mass is 600 g/mol. The molecule has 0 radical (unpaired) electrons. The molecule has 1 aliphatic rings. The molecule has 15 heteroatoms. The number of benzene rings is 2. The van der Waals surface area contributed by atoms with Crippen LogP contribution < -0.4 is 4.48 Å². The lowest BCUT2D eigenvalue weighted by Crippen LogP contribution is -2.69. The molecule has 3 rings (SSSR count). The number of alkyl halides is 9. The van der Waals surface area contributed by atoms with Crippen molar-refractivity contribution in [2.24, 2.45) is 0 Å². The maximum Gasteiger partial charge on any atom is 0.576 e. The molecule has 2 aromatic rings. The number of fused-ring (bicyclic) bond motifs is 1. The highest BCUT2D eigenvalue weighted by Crippen LogP contribution is 2.53. The highest BCUT2D eigenvalue weighted by molar-refractivity contribution is 6.02. The Bertz CT molecular complexity index is 1330. The van der Waals surface area contributed by atoms with Crippen LogP contribution in [0.2, 0.25) is 0 Å². The number of hydrogen-bond donors (Lipinski definition) is 1. The van der Waals surface area contributed by atoms with Gasteiger partial charge < -0.3 is 14.6 Å². The number of halogens is 9. The molecule has 1 N–H and O–H groups in total. The van der Waals surface area contributed by atoms with Gasteiger partial charge in [-0.3, -0.25) is 0 Å². The van der Waals surface area contributed by atoms with Crippen molar-refractivity contribution in [1.29, 1.82) is 0 Å². The minimum Gasteiger partial charge on any atom is -0.466 e. The average molecular weight is 600 g/mol. The average Bonchev–Trinajstić information content (AvgIpc) is 2.89. The van der Waals surface area contributed by atoms with Crippen molar-refractivity contribution in [3.63, 3.8) is 0 Å². The van der Waals surface area contributed by atoms with Gasteiger partial charge in [0, 0.05) is 29.2 Å². The van der Waals surface area contributed by atoms with Crippen LogP contribution in [0.4, 0.5) is 50.0 Å². The van der Waals surface area contributed by atoms with Gasteiger partial charge in [0.15, 0.2) is 5.69 Å². The smallest absolute Gasteiger partial charge is 0.466 e. The predicted molar refractivity (Wildman–Crippen MR) is 126 cm³/mol. The van der Waals surface area contributed by atoms with Crippen LogP contribution in [0.3, 0.4) is 0 Å². The molecule has 1 unspecified atom stereocenters. The van der Waals surface area contributed by atoms with E-state index in [1.54, 1.807) is 0 Å². The fourth-order valence-electron chi connectivity index (χ4n) is 4.87. The lowest BCUT2D eigenvalue weighted by molar-refractivity contribution is -0.232. The summed E-state index contributed by atoms with van der Waals surface area (Å²) in [7, 11) is 0.673. The molecule has 0 fully saturated rings. The summed E-state index contributed by atoms with van der Waals surface area (Å²) in [5.41, 5.74) is -10.9. The maximum atomic E-state index is 14.9. The molecule has 0 bridgehead atoms. The Hall–Kier alpha value is -3.59. The zero-order valence-corrected chi connectivity index (χ0v) is 21.5. The maximum absolute atomic E-state index is 14.9. The summed E-state index contributed by atoms with van der Waals surface area (Å²) in [5, 5.41) is 11.7. The molecule has 1 heterocycles. The van der Waals surface area contributed by atoms with E-state index in [-0.39, 0.29) is 18.2 Å². The Labute approximate surface area is 227 Å². The Morgan fingerprint density at radius 2 is 1.39 bits per heavy atom. The Morgan fingerprint density at radius 1 is 0.878 bits per heavy atom. The summed E-state index contributed by atoms with van der Waals surface area (Å²) in [5.74, 6) is -1.79. The molecule has 224 valence electrons. The summed E-state index contributed by atoms with van der Waals surface area (Å²) < 4.78 is 133. The molecule has 0 saturated carbocycles. The lowest BCUT2D eigenvalue weighted by atomic mass is 9.77. The van der Waals surface area contributed by atoms with Crippen LogP contribution in [0.25, 0.3) is 5.57 Å². The number of esters is 1. The number of rotatable bonds is 5. The predicted octanol–water partition coefficient (Wildman–Crippen LogP) is 6.94. The summed E-state index contributed by atoms with van der Waals surface area (Å²) in [4.78, 5) is 26.1. The number of carbonyl (C=O) groups is 2. The van der Waals surface area contributed by atoms with Gasteiger partial charge in [-0.05, 0) is 37.3 Å². The van der Waals surface area contributed by atoms with E-state index in [4.69, 9.17) is 4.74 Å². The van der Waals surface area contributed by atoms with Crippen molar-refractivity contribution in [2.45, 2.75) is 50.6 Å². The van der Waals surface area contributed by atoms with Gasteiger partial charge in [-0.2, -0.15) is 31.1 Å². The number of aliphatic hydroxyl groups is 1. The molecule has 41 heavy (non-hydrogen) atoms. The van der Waals surface area contributed by atoms with Gasteiger partial charge in [-0.25, -0.2) is 4.79 Å². The first-order chi connectivity index (χ1) is 18.8. The summed E-state index contributed by atoms with van der Waals surface area (Å²) >= 11 is 0. The number of hydrogen-bond acceptors (Lipinski definition) is 5. The molecule has 0 aromatic heterocycles. The van der Waals surface area contributed by atoms with E-state index in [0.717, 1.165) is 24.3 Å². The van der Waals surface area contributed by atoms with Gasteiger partial charge in [0.2, 0.25) is 5.60 Å². The number of nitrogens with zero attached hydrogens (tertiary/aromatic N) is 1. The lowest BCUT2D eigenvalue weighted by Gasteiger charge is -2.44. The van der Waals surface area contributed by atoms with Crippen molar-refractivity contribution in [1.82, 2.24) is 4.48 Å². The van der Waals surface area contributed by atoms with Gasteiger partial charge in [0.25, 0.3) is 0 Å². The van der Waals surface area contributed by atoms with Crippen LogP contribution in [0.1, 0.15) is 42.5 Å². The van der Waals surface area contributed by atoms with Gasteiger partial charge in [0.05, 0.1) is 24.8 Å². The summed E-state index contributed by atoms with van der Waals surface area (Å²) in [6.45, 7) is 2.00. The Balaban J connectivity index is 2.52. The largest absolute Gasteiger partial charge is 0.576 e. The highest BCUT2D eigenvalue weighted by atomic mass is 19.4. The number of methoxy groups -OCH3 is 1. The van der Waals surface area contributed by atoms with Crippen LogP contribution in [-0.2, 0) is 32.2 Å². The molecule has 1 amide bonds. The quantitative estimate of drug-likeness (QED) is 0.174. The first-order valence-corrected chi connectivity index (χ1v) is 11.9. The first kappa shape index (κ1) is 31.9. The molecule has 0 saturated heterocycles. The second-order valence-electron chi connectivity index (χ2n) is 8.96. The molecule has 6 nitrogen and oxygen atoms in total. The first-order valence-electron chi connectivity index (χ1n) is 11.9. The van der Waals surface area contributed by atoms with E-state index in [1.165, 1.54) is 13.8 Å². The van der Waals surface area contributed by atoms with Crippen LogP contribution in [-0.4, -0.2) is 43.2 Å². The van der Waals surface area contributed by atoms with Crippen LogP contribution in [0.15, 0.2) is 48.5 Å². The molecule has 1 aliphatic heterocycles. The van der Waals surface area contributed by atoms with Crippen molar-refractivity contribution in [3.8, 4) is 0 Å². The molecule has 2 aromatic carbocycles. The second kappa shape index (κ2) is 10.7. The molecular weight excluding hydrogens is 577 g/mol. The normalized spacial score (nSPS) is 20.9. The molecule has 0 spiro atoms. The van der Waals surface area contributed by atoms with Gasteiger partial charge >= 0.3 is 30.7 Å². The van der Waals surface area contributed by atoms with Gasteiger partial charge in [0.1, 0.15) is 6.04 Å². The summed E-state index contributed by atoms with van der Waals surface area (Å²) in [6.07, 6.45) is -17.8. The van der Waals surface area contributed by atoms with Crippen LogP contribution >= 0.6 is 0 Å². The van der Waals surface area contributed by atoms with E-state index in [0.29, 0.717) is 13.2 Å². The minimum absolute atomic E-state index is 0.0718. The van der Waals surface area contributed by atoms with Crippen molar-refractivity contribution >= 4 is 23.3 Å². The van der Waals surface area contributed by atoms with Gasteiger partial charge in [-0.15, -0.1) is 13.2 Å². The minimum atomic E-state index is -5.39. The van der Waals surface area contributed by atoms with Crippen molar-refractivity contribution in [3.05, 3.63) is 70.8 Å². The van der Waals surface area contributed by atoms with E-state index >= 15 is 0 Å². The number of carbonyl (C=O) groups excluding carboxylic acids is 2. The third-order valence-electron chi connectivity index (χ3n) is 6.68. The van der Waals surface area contributed by atoms with Crippen molar-refractivity contribution < 1.29 is 63.7 Å². The number of quaternary nitrogens is 1. The van der Waals surface area contributed by atoms with E-state index in [9.17, 15) is 54.2 Å². The number of ether oxygens (including phenoxy) is 2. The van der Waals surface area contributed by atoms with E-state index in [1.807, 2.05) is 0 Å². The SMILES string of the molecule is CCOC(=O)[N@@+]1(C(F)(F)F)c2ccccc2C([C@](O)(C(=O)OC)c2cc(C(F)(F)F)cc(C(F)(F)F)c2)=CC1CC. The highest BCUT2D eigenvalue weighted by Gasteiger charge is 2.70. The fourth-order valence-corrected chi connectivity index (χ4v) is 4.87.